The molecule has 1 unspecified atom stereocenters. The molecule has 0 aliphatic rings. The topological polar surface area (TPSA) is 108 Å². The zero-order chi connectivity index (χ0) is 15.9. The van der Waals surface area contributed by atoms with E-state index in [9.17, 15) is 14.4 Å². The van der Waals surface area contributed by atoms with Crippen molar-refractivity contribution >= 4 is 17.9 Å². The molecule has 0 aromatic heterocycles. The summed E-state index contributed by atoms with van der Waals surface area (Å²) in [5, 5.41) is 16.4. The van der Waals surface area contributed by atoms with Crippen LogP contribution in [0.2, 0.25) is 0 Å². The van der Waals surface area contributed by atoms with Gasteiger partial charge in [0.15, 0.2) is 0 Å². The summed E-state index contributed by atoms with van der Waals surface area (Å²) in [7, 11) is 0. The van der Waals surface area contributed by atoms with Crippen LogP contribution in [0, 0.1) is 11.3 Å². The van der Waals surface area contributed by atoms with E-state index in [-0.39, 0.29) is 12.5 Å². The molecule has 0 rings (SSSR count). The molecule has 7 nitrogen and oxygen atoms in total. The first-order valence-electron chi connectivity index (χ1n) is 6.58. The van der Waals surface area contributed by atoms with Crippen LogP contribution in [0.15, 0.2) is 0 Å². The number of hydrogen-bond acceptors (Lipinski definition) is 3. The highest BCUT2D eigenvalue weighted by Gasteiger charge is 2.32. The van der Waals surface area contributed by atoms with Crippen molar-refractivity contribution in [2.75, 3.05) is 13.1 Å². The van der Waals surface area contributed by atoms with Crippen molar-refractivity contribution in [3.8, 4) is 0 Å². The molecule has 116 valence electrons. The molecule has 20 heavy (non-hydrogen) atoms. The number of urea groups is 1. The van der Waals surface area contributed by atoms with Gasteiger partial charge in [-0.25, -0.2) is 9.59 Å². The van der Waals surface area contributed by atoms with Crippen molar-refractivity contribution in [3.05, 3.63) is 0 Å². The van der Waals surface area contributed by atoms with Crippen LogP contribution in [0.5, 0.6) is 0 Å². The van der Waals surface area contributed by atoms with Gasteiger partial charge in [-0.2, -0.15) is 0 Å². The number of hydrogen-bond donors (Lipinski definition) is 4. The van der Waals surface area contributed by atoms with Crippen molar-refractivity contribution in [2.24, 2.45) is 11.3 Å². The van der Waals surface area contributed by atoms with E-state index in [2.05, 4.69) is 16.0 Å². The van der Waals surface area contributed by atoms with Gasteiger partial charge < -0.3 is 21.1 Å². The SMILES string of the molecule is CC(C)CNC(=O)CNC(=O)NC(C(=O)O)C(C)(C)C. The molecule has 0 bridgehead atoms. The summed E-state index contributed by atoms with van der Waals surface area (Å²) in [5.74, 6) is -1.10. The van der Waals surface area contributed by atoms with Crippen molar-refractivity contribution in [2.45, 2.75) is 40.7 Å². The van der Waals surface area contributed by atoms with Crippen LogP contribution in [0.1, 0.15) is 34.6 Å². The number of rotatable bonds is 6. The Morgan fingerprint density at radius 1 is 1.10 bits per heavy atom. The lowest BCUT2D eigenvalue weighted by Gasteiger charge is -2.27. The highest BCUT2D eigenvalue weighted by molar-refractivity contribution is 5.86. The van der Waals surface area contributed by atoms with E-state index in [0.29, 0.717) is 12.5 Å². The lowest BCUT2D eigenvalue weighted by atomic mass is 9.87. The van der Waals surface area contributed by atoms with Gasteiger partial charge in [0.05, 0.1) is 6.54 Å². The number of carboxylic acids is 1. The third-order valence-electron chi connectivity index (χ3n) is 2.51. The second kappa shape index (κ2) is 7.72. The fourth-order valence-electron chi connectivity index (χ4n) is 1.37. The number of carboxylic acid groups (broad SMARTS) is 1. The highest BCUT2D eigenvalue weighted by atomic mass is 16.4. The average Bonchev–Trinajstić information content (AvgIpc) is 2.28. The van der Waals surface area contributed by atoms with Gasteiger partial charge in [0, 0.05) is 6.54 Å². The molecule has 3 amide bonds. The molecule has 0 saturated heterocycles. The summed E-state index contributed by atoms with van der Waals surface area (Å²) in [5.41, 5.74) is -0.622. The minimum Gasteiger partial charge on any atom is -0.480 e. The number of carbonyl (C=O) groups excluding carboxylic acids is 2. The second-order valence-corrected chi connectivity index (χ2v) is 6.16. The first kappa shape index (κ1) is 18.2. The predicted octanol–water partition coefficient (Wildman–Crippen LogP) is 0.557. The van der Waals surface area contributed by atoms with Gasteiger partial charge in [0.2, 0.25) is 5.91 Å². The molecular weight excluding hydrogens is 262 g/mol. The van der Waals surface area contributed by atoms with Gasteiger partial charge in [-0.3, -0.25) is 4.79 Å². The summed E-state index contributed by atoms with van der Waals surface area (Å²) < 4.78 is 0. The molecule has 1 atom stereocenters. The van der Waals surface area contributed by atoms with Crippen LogP contribution >= 0.6 is 0 Å². The maximum Gasteiger partial charge on any atom is 0.326 e. The number of nitrogens with one attached hydrogen (secondary N) is 3. The third-order valence-corrected chi connectivity index (χ3v) is 2.51. The molecule has 0 radical (unpaired) electrons. The van der Waals surface area contributed by atoms with Gasteiger partial charge in [-0.15, -0.1) is 0 Å². The average molecular weight is 287 g/mol. The quantitative estimate of drug-likeness (QED) is 0.572. The summed E-state index contributed by atoms with van der Waals surface area (Å²) in [6, 6.07) is -1.70. The minimum absolute atomic E-state index is 0.185. The lowest BCUT2D eigenvalue weighted by molar-refractivity contribution is -0.141. The third kappa shape index (κ3) is 7.60. The van der Waals surface area contributed by atoms with E-state index in [1.165, 1.54) is 0 Å². The lowest BCUT2D eigenvalue weighted by Crippen LogP contribution is -2.53. The Morgan fingerprint density at radius 2 is 1.65 bits per heavy atom. The first-order valence-corrected chi connectivity index (χ1v) is 6.58. The molecular formula is C13H25N3O4. The summed E-state index contributed by atoms with van der Waals surface area (Å²) in [6.45, 7) is 9.39. The van der Waals surface area contributed by atoms with Gasteiger partial charge in [-0.1, -0.05) is 34.6 Å². The van der Waals surface area contributed by atoms with Gasteiger partial charge in [0.25, 0.3) is 0 Å². The van der Waals surface area contributed by atoms with Crippen LogP contribution in [0.3, 0.4) is 0 Å². The molecule has 0 heterocycles. The first-order chi connectivity index (χ1) is 9.04. The maximum atomic E-state index is 11.6. The molecule has 4 N–H and O–H groups in total. The zero-order valence-corrected chi connectivity index (χ0v) is 12.7. The minimum atomic E-state index is -1.11. The Bertz CT molecular complexity index is 361. The molecule has 0 aromatic carbocycles. The van der Waals surface area contributed by atoms with Gasteiger partial charge in [0.1, 0.15) is 6.04 Å². The number of carbonyl (C=O) groups is 3. The summed E-state index contributed by atoms with van der Waals surface area (Å²) >= 11 is 0. The molecule has 0 aliphatic carbocycles. The van der Waals surface area contributed by atoms with E-state index in [1.54, 1.807) is 20.8 Å². The summed E-state index contributed by atoms with van der Waals surface area (Å²) in [6.07, 6.45) is 0. The fourth-order valence-corrected chi connectivity index (χ4v) is 1.37. The van der Waals surface area contributed by atoms with E-state index >= 15 is 0 Å². The van der Waals surface area contributed by atoms with Crippen molar-refractivity contribution in [3.63, 3.8) is 0 Å². The van der Waals surface area contributed by atoms with Gasteiger partial charge in [-0.05, 0) is 11.3 Å². The van der Waals surface area contributed by atoms with E-state index in [0.717, 1.165) is 0 Å². The van der Waals surface area contributed by atoms with E-state index < -0.39 is 23.5 Å². The Morgan fingerprint density at radius 3 is 2.05 bits per heavy atom. The van der Waals surface area contributed by atoms with Crippen molar-refractivity contribution in [1.82, 2.24) is 16.0 Å². The van der Waals surface area contributed by atoms with Crippen LogP contribution < -0.4 is 16.0 Å². The Labute approximate surface area is 119 Å². The number of amides is 3. The largest absolute Gasteiger partial charge is 0.480 e. The van der Waals surface area contributed by atoms with Crippen molar-refractivity contribution < 1.29 is 19.5 Å². The van der Waals surface area contributed by atoms with Crippen LogP contribution in [-0.2, 0) is 9.59 Å². The van der Waals surface area contributed by atoms with Gasteiger partial charge >= 0.3 is 12.0 Å². The molecule has 0 aliphatic heterocycles. The smallest absolute Gasteiger partial charge is 0.326 e. The van der Waals surface area contributed by atoms with Crippen LogP contribution in [0.4, 0.5) is 4.79 Å². The Balaban J connectivity index is 4.22. The second-order valence-electron chi connectivity index (χ2n) is 6.16. The monoisotopic (exact) mass is 287 g/mol. The molecule has 0 spiro atoms. The summed E-state index contributed by atoms with van der Waals surface area (Å²) in [4.78, 5) is 34.1. The number of aliphatic carboxylic acids is 1. The zero-order valence-electron chi connectivity index (χ0n) is 12.7. The standard InChI is InChI=1S/C13H25N3O4/c1-8(2)6-14-9(17)7-15-12(20)16-10(11(18)19)13(3,4)5/h8,10H,6-7H2,1-5H3,(H,14,17)(H,18,19)(H2,15,16,20). The van der Waals surface area contributed by atoms with Crippen LogP contribution in [0.25, 0.3) is 0 Å². The normalized spacial score (nSPS) is 12.7. The van der Waals surface area contributed by atoms with E-state index in [1.807, 2.05) is 13.8 Å². The molecule has 0 aromatic rings. The highest BCUT2D eigenvalue weighted by Crippen LogP contribution is 2.19. The Kier molecular flexibility index (Phi) is 7.02. The maximum absolute atomic E-state index is 11.6. The molecule has 0 fully saturated rings. The van der Waals surface area contributed by atoms with Crippen molar-refractivity contribution in [1.29, 1.82) is 0 Å². The fraction of sp³-hybridized carbons (Fsp3) is 0.769. The van der Waals surface area contributed by atoms with E-state index in [4.69, 9.17) is 5.11 Å². The Hall–Kier alpha value is -1.79. The van der Waals surface area contributed by atoms with Crippen LogP contribution in [-0.4, -0.2) is 42.1 Å². The predicted molar refractivity (Wildman–Crippen MR) is 75.3 cm³/mol. The molecule has 7 heteroatoms. The molecule has 0 saturated carbocycles.